The molecule has 1 aromatic carbocycles. The molecule has 0 aliphatic heterocycles. The molecule has 0 radical (unpaired) electrons. The Morgan fingerprint density at radius 2 is 2.09 bits per heavy atom. The van der Waals surface area contributed by atoms with Gasteiger partial charge in [0.25, 0.3) is 0 Å². The Bertz CT molecular complexity index is 1070. The Morgan fingerprint density at radius 1 is 1.31 bits per heavy atom. The van der Waals surface area contributed by atoms with Crippen molar-refractivity contribution in [1.82, 2.24) is 20.0 Å². The van der Waals surface area contributed by atoms with Gasteiger partial charge >= 0.3 is 0 Å². The number of aliphatic hydroxyl groups excluding tert-OH is 2. The summed E-state index contributed by atoms with van der Waals surface area (Å²) in [6.45, 7) is 2.79. The number of imidazole rings is 1. The molecule has 1 saturated carbocycles. The number of nitrogens with two attached hydrogens (primary N) is 1. The molecule has 2 atom stereocenters. The molecule has 0 spiro atoms. The number of hydrogen-bond acceptors (Lipinski definition) is 7. The predicted molar refractivity (Wildman–Crippen MR) is 120 cm³/mol. The van der Waals surface area contributed by atoms with Crippen LogP contribution in [0.25, 0.3) is 11.3 Å². The van der Waals surface area contributed by atoms with Crippen molar-refractivity contribution in [2.75, 3.05) is 19.7 Å². The van der Waals surface area contributed by atoms with Gasteiger partial charge in [-0.3, -0.25) is 0 Å². The molecule has 1 fully saturated rings. The van der Waals surface area contributed by atoms with Gasteiger partial charge in [0, 0.05) is 54.6 Å². The lowest BCUT2D eigenvalue weighted by Crippen LogP contribution is -2.41. The van der Waals surface area contributed by atoms with Gasteiger partial charge in [-0.15, -0.1) is 0 Å². The summed E-state index contributed by atoms with van der Waals surface area (Å²) in [6, 6.07) is 9.97. The molecule has 5 N–H and O–H groups in total. The Labute approximate surface area is 187 Å². The first-order chi connectivity index (χ1) is 15.6. The summed E-state index contributed by atoms with van der Waals surface area (Å²) < 4.78 is 7.41. The van der Waals surface area contributed by atoms with Gasteiger partial charge in [-0.2, -0.15) is 0 Å². The Morgan fingerprint density at radius 3 is 2.78 bits per heavy atom. The third-order valence-electron chi connectivity index (χ3n) is 5.77. The van der Waals surface area contributed by atoms with Crippen LogP contribution in [-0.2, 0) is 0 Å². The predicted octanol–water partition coefficient (Wildman–Crippen LogP) is 1.85. The van der Waals surface area contributed by atoms with Crippen LogP contribution in [0.1, 0.15) is 49.0 Å². The number of hydrogen-bond donors (Lipinski definition) is 4. The van der Waals surface area contributed by atoms with Gasteiger partial charge in [-0.1, -0.05) is 17.0 Å². The van der Waals surface area contributed by atoms with Gasteiger partial charge in [0.05, 0.1) is 12.6 Å². The van der Waals surface area contributed by atoms with E-state index >= 15 is 0 Å². The van der Waals surface area contributed by atoms with Crippen LogP contribution in [0.2, 0.25) is 0 Å². The van der Waals surface area contributed by atoms with E-state index in [0.29, 0.717) is 42.3 Å². The van der Waals surface area contributed by atoms with E-state index in [4.69, 9.17) is 15.4 Å². The molecular weight excluding hydrogens is 406 g/mol. The molecule has 8 heteroatoms. The largest absolute Gasteiger partial charge is 0.395 e. The Kier molecular flexibility index (Phi) is 7.02. The lowest BCUT2D eigenvalue weighted by molar-refractivity contribution is 0.182. The number of aromatic nitrogens is 3. The SMILES string of the molecule is CC(O)c1nccn1C(CN)c1cc(-c2ccc(C#CC3CC(NCCO)C3)cc2)on1. The van der Waals surface area contributed by atoms with Crippen molar-refractivity contribution in [1.29, 1.82) is 0 Å². The number of rotatable bonds is 8. The average molecular weight is 436 g/mol. The van der Waals surface area contributed by atoms with Gasteiger partial charge in [0.2, 0.25) is 0 Å². The first-order valence-electron chi connectivity index (χ1n) is 10.9. The number of nitrogens with one attached hydrogen (secondary N) is 1. The third kappa shape index (κ3) is 4.92. The minimum Gasteiger partial charge on any atom is -0.395 e. The lowest BCUT2D eigenvalue weighted by atomic mass is 9.80. The van der Waals surface area contributed by atoms with Crippen LogP contribution < -0.4 is 11.1 Å². The van der Waals surface area contributed by atoms with Gasteiger partial charge in [0.15, 0.2) is 5.76 Å². The van der Waals surface area contributed by atoms with Gasteiger partial charge in [0.1, 0.15) is 17.6 Å². The van der Waals surface area contributed by atoms with Crippen LogP contribution in [0.5, 0.6) is 0 Å². The average Bonchev–Trinajstić information content (AvgIpc) is 3.44. The zero-order valence-electron chi connectivity index (χ0n) is 18.1. The van der Waals surface area contributed by atoms with E-state index < -0.39 is 6.10 Å². The van der Waals surface area contributed by atoms with E-state index in [2.05, 4.69) is 27.3 Å². The van der Waals surface area contributed by atoms with Crippen molar-refractivity contribution >= 4 is 0 Å². The van der Waals surface area contributed by atoms with Crippen molar-refractivity contribution in [2.24, 2.45) is 11.7 Å². The fourth-order valence-electron chi connectivity index (χ4n) is 3.94. The molecule has 0 saturated heterocycles. The fraction of sp³-hybridized carbons (Fsp3) is 0.417. The second-order valence-corrected chi connectivity index (χ2v) is 8.13. The molecule has 2 aromatic heterocycles. The minimum atomic E-state index is -0.707. The van der Waals surface area contributed by atoms with Gasteiger partial charge in [-0.05, 0) is 44.0 Å². The lowest BCUT2D eigenvalue weighted by Gasteiger charge is -2.32. The number of nitrogens with zero attached hydrogens (tertiary/aromatic N) is 3. The highest BCUT2D eigenvalue weighted by atomic mass is 16.5. The van der Waals surface area contributed by atoms with E-state index in [1.165, 1.54) is 0 Å². The summed E-state index contributed by atoms with van der Waals surface area (Å²) in [5, 5.41) is 26.3. The van der Waals surface area contributed by atoms with Crippen LogP contribution in [0, 0.1) is 17.8 Å². The van der Waals surface area contributed by atoms with Crippen LogP contribution in [-0.4, -0.2) is 50.7 Å². The standard InChI is InChI=1S/C24H29N5O3/c1-16(31)24-27-8-10-29(24)22(15-25)21-14-23(32-28-21)19-6-4-17(5-7-19)2-3-18-12-20(13-18)26-9-11-30/h4-8,10,14,16,18,20,22,26,30-31H,9,11-13,15,25H2,1H3. The monoisotopic (exact) mass is 435 g/mol. The zero-order chi connectivity index (χ0) is 22.5. The fourth-order valence-corrected chi connectivity index (χ4v) is 3.94. The molecule has 0 bridgehead atoms. The molecule has 2 unspecified atom stereocenters. The molecule has 168 valence electrons. The molecule has 0 amide bonds. The topological polar surface area (TPSA) is 122 Å². The highest BCUT2D eigenvalue weighted by Gasteiger charge is 2.26. The summed E-state index contributed by atoms with van der Waals surface area (Å²) in [5.74, 6) is 8.16. The van der Waals surface area contributed by atoms with E-state index in [1.807, 2.05) is 34.9 Å². The summed E-state index contributed by atoms with van der Waals surface area (Å²) in [7, 11) is 0. The first kappa shape index (κ1) is 22.2. The van der Waals surface area contributed by atoms with Crippen LogP contribution in [0.15, 0.2) is 47.2 Å². The maximum Gasteiger partial charge on any atom is 0.167 e. The van der Waals surface area contributed by atoms with Gasteiger partial charge in [-0.25, -0.2) is 4.98 Å². The second-order valence-electron chi connectivity index (χ2n) is 8.13. The highest BCUT2D eigenvalue weighted by Crippen LogP contribution is 2.28. The van der Waals surface area contributed by atoms with Crippen LogP contribution in [0.3, 0.4) is 0 Å². The zero-order valence-corrected chi connectivity index (χ0v) is 18.1. The molecular formula is C24H29N5O3. The number of aliphatic hydroxyl groups is 2. The third-order valence-corrected chi connectivity index (χ3v) is 5.77. The van der Waals surface area contributed by atoms with Crippen molar-refractivity contribution in [2.45, 2.75) is 38.0 Å². The molecule has 1 aliphatic rings. The van der Waals surface area contributed by atoms with E-state index in [9.17, 15) is 5.11 Å². The van der Waals surface area contributed by atoms with Crippen LogP contribution >= 0.6 is 0 Å². The maximum atomic E-state index is 9.95. The molecule has 8 nitrogen and oxygen atoms in total. The minimum absolute atomic E-state index is 0.172. The Hall–Kier alpha value is -2.96. The molecule has 32 heavy (non-hydrogen) atoms. The molecule has 4 rings (SSSR count). The normalized spacial score (nSPS) is 19.6. The van der Waals surface area contributed by atoms with E-state index in [0.717, 1.165) is 24.0 Å². The van der Waals surface area contributed by atoms with E-state index in [-0.39, 0.29) is 12.6 Å². The second kappa shape index (κ2) is 10.1. The summed E-state index contributed by atoms with van der Waals surface area (Å²) in [6.07, 6.45) is 4.78. The summed E-state index contributed by atoms with van der Waals surface area (Å²) >= 11 is 0. The Balaban J connectivity index is 1.41. The smallest absolute Gasteiger partial charge is 0.167 e. The van der Waals surface area contributed by atoms with Crippen molar-refractivity contribution < 1.29 is 14.7 Å². The number of benzene rings is 1. The molecule has 3 aromatic rings. The molecule has 1 aliphatic carbocycles. The van der Waals surface area contributed by atoms with Crippen molar-refractivity contribution in [3.05, 3.63) is 59.8 Å². The van der Waals surface area contributed by atoms with Crippen molar-refractivity contribution in [3.63, 3.8) is 0 Å². The van der Waals surface area contributed by atoms with E-state index in [1.54, 1.807) is 19.3 Å². The summed E-state index contributed by atoms with van der Waals surface area (Å²) in [5.41, 5.74) is 8.54. The van der Waals surface area contributed by atoms with Crippen molar-refractivity contribution in [3.8, 4) is 23.2 Å². The molecule has 2 heterocycles. The highest BCUT2D eigenvalue weighted by molar-refractivity contribution is 5.59. The van der Waals surface area contributed by atoms with Crippen LogP contribution in [0.4, 0.5) is 0 Å². The first-order valence-corrected chi connectivity index (χ1v) is 10.9. The summed E-state index contributed by atoms with van der Waals surface area (Å²) in [4.78, 5) is 4.21. The quantitative estimate of drug-likeness (QED) is 0.398. The maximum absolute atomic E-state index is 9.95. The van der Waals surface area contributed by atoms with Gasteiger partial charge < -0.3 is 30.4 Å².